The predicted molar refractivity (Wildman–Crippen MR) is 84.6 cm³/mol. The molecule has 1 aromatic rings. The quantitative estimate of drug-likeness (QED) is 0.711. The first-order valence-electron chi connectivity index (χ1n) is 7.58. The second kappa shape index (κ2) is 9.40. The van der Waals surface area contributed by atoms with Crippen molar-refractivity contribution in [1.82, 2.24) is 5.32 Å². The van der Waals surface area contributed by atoms with Crippen molar-refractivity contribution in [3.05, 3.63) is 29.8 Å². The normalized spacial score (nSPS) is 13.5. The summed E-state index contributed by atoms with van der Waals surface area (Å²) in [7, 11) is 3.11. The highest BCUT2D eigenvalue weighted by Gasteiger charge is 2.21. The van der Waals surface area contributed by atoms with E-state index < -0.39 is 0 Å². The maximum Gasteiger partial charge on any atom is 0.322 e. The monoisotopic (exact) mass is 293 g/mol. The Kier molecular flexibility index (Phi) is 7.83. The van der Waals surface area contributed by atoms with E-state index in [1.807, 2.05) is 18.2 Å². The fourth-order valence-electron chi connectivity index (χ4n) is 2.42. The number of hydrogen-bond donors (Lipinski definition) is 1. The number of carbonyl (C=O) groups excluding carboxylic acids is 1. The summed E-state index contributed by atoms with van der Waals surface area (Å²) in [5.74, 6) is 0.699. The van der Waals surface area contributed by atoms with E-state index in [9.17, 15) is 4.79 Å². The third kappa shape index (κ3) is 5.76. The summed E-state index contributed by atoms with van der Waals surface area (Å²) in [6, 6.07) is 7.90. The molecule has 118 valence electrons. The Hall–Kier alpha value is -1.55. The molecule has 0 aliphatic heterocycles. The van der Waals surface area contributed by atoms with Crippen molar-refractivity contribution < 1.29 is 14.3 Å². The van der Waals surface area contributed by atoms with Gasteiger partial charge >= 0.3 is 5.97 Å². The van der Waals surface area contributed by atoms with Gasteiger partial charge in [0.25, 0.3) is 0 Å². The Morgan fingerprint density at radius 2 is 2.00 bits per heavy atom. The molecular formula is C17H27NO3. The minimum atomic E-state index is -0.236. The van der Waals surface area contributed by atoms with E-state index in [-0.39, 0.29) is 18.1 Å². The Bertz CT molecular complexity index is 434. The molecular weight excluding hydrogens is 266 g/mol. The van der Waals surface area contributed by atoms with Gasteiger partial charge in [-0.05, 0) is 31.4 Å². The van der Waals surface area contributed by atoms with Gasteiger partial charge in [0.15, 0.2) is 0 Å². The Morgan fingerprint density at radius 3 is 2.62 bits per heavy atom. The zero-order chi connectivity index (χ0) is 15.7. The summed E-state index contributed by atoms with van der Waals surface area (Å²) in [4.78, 5) is 11.8. The molecule has 0 fully saturated rings. The number of benzene rings is 1. The first kappa shape index (κ1) is 17.5. The molecule has 0 spiro atoms. The van der Waals surface area contributed by atoms with Crippen LogP contribution in [0.25, 0.3) is 0 Å². The molecule has 0 saturated carbocycles. The van der Waals surface area contributed by atoms with Gasteiger partial charge in [0.05, 0.1) is 14.2 Å². The molecule has 1 rings (SSSR count). The topological polar surface area (TPSA) is 47.6 Å². The Labute approximate surface area is 127 Å². The van der Waals surface area contributed by atoms with Crippen molar-refractivity contribution in [2.45, 2.75) is 51.6 Å². The first-order chi connectivity index (χ1) is 10.1. The van der Waals surface area contributed by atoms with Crippen molar-refractivity contribution >= 4 is 5.97 Å². The van der Waals surface area contributed by atoms with Crippen molar-refractivity contribution in [2.75, 3.05) is 14.2 Å². The van der Waals surface area contributed by atoms with Crippen LogP contribution in [0.1, 0.15) is 38.7 Å². The minimum absolute atomic E-state index is 0.169. The lowest BCUT2D eigenvalue weighted by atomic mass is 10.0. The maximum atomic E-state index is 11.8. The molecule has 0 heterocycles. The van der Waals surface area contributed by atoms with Crippen LogP contribution < -0.4 is 10.1 Å². The van der Waals surface area contributed by atoms with Crippen molar-refractivity contribution in [2.24, 2.45) is 0 Å². The lowest BCUT2D eigenvalue weighted by Crippen LogP contribution is -2.43. The van der Waals surface area contributed by atoms with Crippen LogP contribution >= 0.6 is 0 Å². The minimum Gasteiger partial charge on any atom is -0.496 e. The van der Waals surface area contributed by atoms with Crippen LogP contribution in [0.2, 0.25) is 0 Å². The lowest BCUT2D eigenvalue weighted by molar-refractivity contribution is -0.143. The average molecular weight is 293 g/mol. The number of methoxy groups -OCH3 is 2. The summed E-state index contributed by atoms with van der Waals surface area (Å²) in [5.41, 5.74) is 1.14. The third-order valence-corrected chi connectivity index (χ3v) is 3.54. The van der Waals surface area contributed by atoms with E-state index in [1.165, 1.54) is 7.11 Å². The standard InChI is InChI=1S/C17H27NO3/c1-5-6-10-15(17(19)21-4)18-13(2)12-14-9-7-8-11-16(14)20-3/h7-9,11,13,15,18H,5-6,10,12H2,1-4H3. The van der Waals surface area contributed by atoms with Gasteiger partial charge in [-0.25, -0.2) is 0 Å². The maximum absolute atomic E-state index is 11.8. The van der Waals surface area contributed by atoms with Crippen LogP contribution in [-0.4, -0.2) is 32.3 Å². The summed E-state index contributed by atoms with van der Waals surface area (Å²) < 4.78 is 10.2. The van der Waals surface area contributed by atoms with Crippen LogP contribution in [-0.2, 0) is 16.0 Å². The number of rotatable bonds is 9. The van der Waals surface area contributed by atoms with Crippen LogP contribution in [0.15, 0.2) is 24.3 Å². The van der Waals surface area contributed by atoms with E-state index in [1.54, 1.807) is 7.11 Å². The molecule has 21 heavy (non-hydrogen) atoms. The summed E-state index contributed by atoms with van der Waals surface area (Å²) >= 11 is 0. The van der Waals surface area contributed by atoms with Gasteiger partial charge < -0.3 is 14.8 Å². The van der Waals surface area contributed by atoms with Crippen LogP contribution in [0.4, 0.5) is 0 Å². The van der Waals surface area contributed by atoms with Gasteiger partial charge in [-0.3, -0.25) is 4.79 Å². The number of hydrogen-bond acceptors (Lipinski definition) is 4. The lowest BCUT2D eigenvalue weighted by Gasteiger charge is -2.22. The number of ether oxygens (including phenoxy) is 2. The van der Waals surface area contributed by atoms with Crippen molar-refractivity contribution in [3.63, 3.8) is 0 Å². The van der Waals surface area contributed by atoms with E-state index in [0.29, 0.717) is 0 Å². The average Bonchev–Trinajstić information content (AvgIpc) is 2.51. The highest BCUT2D eigenvalue weighted by molar-refractivity contribution is 5.75. The van der Waals surface area contributed by atoms with Gasteiger partial charge in [-0.15, -0.1) is 0 Å². The molecule has 0 bridgehead atoms. The fraction of sp³-hybridized carbons (Fsp3) is 0.588. The number of para-hydroxylation sites is 1. The van der Waals surface area contributed by atoms with E-state index >= 15 is 0 Å². The van der Waals surface area contributed by atoms with E-state index in [4.69, 9.17) is 9.47 Å². The number of unbranched alkanes of at least 4 members (excludes halogenated alkanes) is 1. The molecule has 1 aromatic carbocycles. The van der Waals surface area contributed by atoms with E-state index in [0.717, 1.165) is 37.0 Å². The smallest absolute Gasteiger partial charge is 0.322 e. The summed E-state index contributed by atoms with van der Waals surface area (Å²) in [6.07, 6.45) is 3.69. The fourth-order valence-corrected chi connectivity index (χ4v) is 2.42. The zero-order valence-electron chi connectivity index (χ0n) is 13.5. The van der Waals surface area contributed by atoms with Gasteiger partial charge in [-0.2, -0.15) is 0 Å². The van der Waals surface area contributed by atoms with Crippen molar-refractivity contribution in [3.8, 4) is 5.75 Å². The highest BCUT2D eigenvalue weighted by atomic mass is 16.5. The summed E-state index contributed by atoms with van der Waals surface area (Å²) in [6.45, 7) is 4.20. The Morgan fingerprint density at radius 1 is 1.29 bits per heavy atom. The van der Waals surface area contributed by atoms with Crippen molar-refractivity contribution in [1.29, 1.82) is 0 Å². The number of nitrogens with one attached hydrogen (secondary N) is 1. The molecule has 0 saturated heterocycles. The van der Waals surface area contributed by atoms with Crippen LogP contribution in [0.3, 0.4) is 0 Å². The molecule has 0 aromatic heterocycles. The largest absolute Gasteiger partial charge is 0.496 e. The predicted octanol–water partition coefficient (Wildman–Crippen LogP) is 2.95. The second-order valence-corrected chi connectivity index (χ2v) is 5.30. The molecule has 0 aliphatic rings. The summed E-state index contributed by atoms with van der Waals surface area (Å²) in [5, 5.41) is 3.37. The number of esters is 1. The molecule has 2 atom stereocenters. The molecule has 2 unspecified atom stereocenters. The van der Waals surface area contributed by atoms with Gasteiger partial charge in [-0.1, -0.05) is 38.0 Å². The van der Waals surface area contributed by atoms with Gasteiger partial charge in [0.2, 0.25) is 0 Å². The number of carbonyl (C=O) groups is 1. The molecule has 1 N–H and O–H groups in total. The van der Waals surface area contributed by atoms with Crippen LogP contribution in [0, 0.1) is 0 Å². The zero-order valence-corrected chi connectivity index (χ0v) is 13.5. The van der Waals surface area contributed by atoms with E-state index in [2.05, 4.69) is 25.2 Å². The SMILES string of the molecule is CCCCC(NC(C)Cc1ccccc1OC)C(=O)OC. The first-order valence-corrected chi connectivity index (χ1v) is 7.58. The van der Waals surface area contributed by atoms with Gasteiger partial charge in [0.1, 0.15) is 11.8 Å². The molecule has 0 aliphatic carbocycles. The van der Waals surface area contributed by atoms with Gasteiger partial charge in [0, 0.05) is 6.04 Å². The molecule has 0 amide bonds. The third-order valence-electron chi connectivity index (χ3n) is 3.54. The highest BCUT2D eigenvalue weighted by Crippen LogP contribution is 2.19. The molecule has 0 radical (unpaired) electrons. The molecule has 4 heteroatoms. The second-order valence-electron chi connectivity index (χ2n) is 5.30. The molecule has 4 nitrogen and oxygen atoms in total. The Balaban J connectivity index is 2.64. The van der Waals surface area contributed by atoms with Crippen LogP contribution in [0.5, 0.6) is 5.75 Å².